The Kier molecular flexibility index (Phi) is 7.07. The number of nitrogens with one attached hydrogen (secondary N) is 3. The van der Waals surface area contributed by atoms with E-state index >= 15 is 0 Å². The fraction of sp³-hybridized carbons (Fsp3) is 0.154. The molecule has 1 heterocycles. The summed E-state index contributed by atoms with van der Waals surface area (Å²) in [5, 5.41) is 15.3. The molecule has 3 aromatic rings. The minimum atomic E-state index is -0.212. The fourth-order valence-corrected chi connectivity index (χ4v) is 4.93. The van der Waals surface area contributed by atoms with E-state index in [1.54, 1.807) is 31.6 Å². The SMILES string of the molecule is C=C(N)NC(=NC1C=C(OC)C(OC)=CC1)Nc1cc(C=N)c(N)c(-c2cc3ccccc3s2)c1. The van der Waals surface area contributed by atoms with Crippen molar-refractivity contribution in [2.24, 2.45) is 10.7 Å². The van der Waals surface area contributed by atoms with Crippen molar-refractivity contribution < 1.29 is 9.47 Å². The Morgan fingerprint density at radius 3 is 2.66 bits per heavy atom. The van der Waals surface area contributed by atoms with E-state index in [-0.39, 0.29) is 11.9 Å². The highest BCUT2D eigenvalue weighted by Gasteiger charge is 2.18. The lowest BCUT2D eigenvalue weighted by molar-refractivity contribution is 0.214. The monoisotopic (exact) mass is 488 g/mol. The first-order valence-electron chi connectivity index (χ1n) is 10.9. The summed E-state index contributed by atoms with van der Waals surface area (Å²) in [5.74, 6) is 1.94. The molecular formula is C26H28N6O2S. The number of hydrogen-bond donors (Lipinski definition) is 5. The Balaban J connectivity index is 1.70. The summed E-state index contributed by atoms with van der Waals surface area (Å²) in [4.78, 5) is 5.78. The van der Waals surface area contributed by atoms with Crippen LogP contribution in [0.15, 0.2) is 83.5 Å². The second kappa shape index (κ2) is 10.4. The summed E-state index contributed by atoms with van der Waals surface area (Å²) in [7, 11) is 3.19. The lowest BCUT2D eigenvalue weighted by Crippen LogP contribution is -2.34. The molecule has 7 N–H and O–H groups in total. The number of rotatable bonds is 7. The van der Waals surface area contributed by atoms with Crippen LogP contribution in [0.3, 0.4) is 0 Å². The van der Waals surface area contributed by atoms with Gasteiger partial charge >= 0.3 is 0 Å². The zero-order valence-corrected chi connectivity index (χ0v) is 20.4. The number of guanidine groups is 1. The third-order valence-corrected chi connectivity index (χ3v) is 6.62. The number of nitrogen functional groups attached to an aromatic ring is 1. The number of anilines is 2. The highest BCUT2D eigenvalue weighted by Crippen LogP contribution is 2.39. The van der Waals surface area contributed by atoms with Crippen LogP contribution >= 0.6 is 11.3 Å². The van der Waals surface area contributed by atoms with Crippen LogP contribution in [0.2, 0.25) is 0 Å². The molecule has 1 aromatic heterocycles. The average Bonchev–Trinajstić information content (AvgIpc) is 3.28. The van der Waals surface area contributed by atoms with E-state index in [4.69, 9.17) is 31.3 Å². The third kappa shape index (κ3) is 5.30. The molecule has 0 aliphatic heterocycles. The van der Waals surface area contributed by atoms with Gasteiger partial charge in [-0.2, -0.15) is 0 Å². The molecule has 9 heteroatoms. The van der Waals surface area contributed by atoms with Gasteiger partial charge in [-0.05, 0) is 48.2 Å². The number of methoxy groups -OCH3 is 2. The highest BCUT2D eigenvalue weighted by molar-refractivity contribution is 7.22. The largest absolute Gasteiger partial charge is 0.493 e. The molecular weight excluding hydrogens is 460 g/mol. The first-order chi connectivity index (χ1) is 16.9. The molecule has 0 saturated heterocycles. The summed E-state index contributed by atoms with van der Waals surface area (Å²) in [6.07, 6.45) is 5.68. The van der Waals surface area contributed by atoms with Crippen LogP contribution < -0.4 is 22.1 Å². The van der Waals surface area contributed by atoms with Gasteiger partial charge in [0, 0.05) is 38.3 Å². The Labute approximate surface area is 208 Å². The van der Waals surface area contributed by atoms with Crippen LogP contribution in [-0.2, 0) is 9.47 Å². The molecule has 0 bridgehead atoms. The first-order valence-corrected chi connectivity index (χ1v) is 11.7. The molecule has 2 aromatic carbocycles. The molecule has 0 saturated carbocycles. The standard InChI is InChI=1S/C26H28N6O2S/c1-15(28)30-26(31-18-8-9-21(33-2)22(13-18)34-3)32-19-10-17(14-27)25(29)20(12-19)24-11-16-6-4-5-7-23(16)35-24/h4-7,9-14,18,27H,1,8,28-29H2,2-3H3,(H2,30,31,32). The van der Waals surface area contributed by atoms with Gasteiger partial charge in [-0.1, -0.05) is 24.8 Å². The van der Waals surface area contributed by atoms with Crippen molar-refractivity contribution in [3.05, 3.63) is 84.1 Å². The van der Waals surface area contributed by atoms with Gasteiger partial charge < -0.3 is 37.0 Å². The second-order valence-electron chi connectivity index (χ2n) is 7.88. The minimum Gasteiger partial charge on any atom is -0.493 e. The zero-order valence-electron chi connectivity index (χ0n) is 19.6. The van der Waals surface area contributed by atoms with Gasteiger partial charge in [-0.15, -0.1) is 11.3 Å². The van der Waals surface area contributed by atoms with Crippen molar-refractivity contribution in [3.63, 3.8) is 0 Å². The van der Waals surface area contributed by atoms with Crippen LogP contribution in [0.1, 0.15) is 12.0 Å². The lowest BCUT2D eigenvalue weighted by Gasteiger charge is -2.20. The van der Waals surface area contributed by atoms with Gasteiger partial charge in [0.15, 0.2) is 11.5 Å². The van der Waals surface area contributed by atoms with Gasteiger partial charge in [-0.3, -0.25) is 0 Å². The van der Waals surface area contributed by atoms with Gasteiger partial charge in [-0.25, -0.2) is 4.99 Å². The molecule has 1 unspecified atom stereocenters. The van der Waals surface area contributed by atoms with E-state index in [0.717, 1.165) is 15.8 Å². The van der Waals surface area contributed by atoms with Crippen molar-refractivity contribution in [2.45, 2.75) is 12.5 Å². The number of aliphatic imine (C=N–C) groups is 1. The smallest absolute Gasteiger partial charge is 0.202 e. The number of ether oxygens (including phenoxy) is 2. The normalized spacial score (nSPS) is 15.7. The predicted octanol–water partition coefficient (Wildman–Crippen LogP) is 4.77. The van der Waals surface area contributed by atoms with E-state index in [1.807, 2.05) is 30.4 Å². The predicted molar refractivity (Wildman–Crippen MR) is 146 cm³/mol. The van der Waals surface area contributed by atoms with Crippen LogP contribution in [0.4, 0.5) is 11.4 Å². The Bertz CT molecular complexity index is 1340. The van der Waals surface area contributed by atoms with Crippen LogP contribution in [0.5, 0.6) is 0 Å². The van der Waals surface area contributed by atoms with Crippen molar-refractivity contribution in [3.8, 4) is 10.4 Å². The van der Waals surface area contributed by atoms with Gasteiger partial charge in [0.1, 0.15) is 0 Å². The van der Waals surface area contributed by atoms with Crippen LogP contribution in [0, 0.1) is 5.41 Å². The Morgan fingerprint density at radius 2 is 1.97 bits per heavy atom. The molecule has 0 spiro atoms. The third-order valence-electron chi connectivity index (χ3n) is 5.47. The zero-order chi connectivity index (χ0) is 24.9. The van der Waals surface area contributed by atoms with Gasteiger partial charge in [0.25, 0.3) is 0 Å². The highest BCUT2D eigenvalue weighted by atomic mass is 32.1. The molecule has 0 amide bonds. The molecule has 1 aliphatic rings. The number of hydrogen-bond acceptors (Lipinski definition) is 7. The van der Waals surface area contributed by atoms with Crippen molar-refractivity contribution >= 4 is 45.0 Å². The fourth-order valence-electron chi connectivity index (χ4n) is 3.83. The minimum absolute atomic E-state index is 0.212. The maximum absolute atomic E-state index is 7.88. The van der Waals surface area contributed by atoms with Crippen molar-refractivity contribution in [1.29, 1.82) is 5.41 Å². The molecule has 1 aliphatic carbocycles. The number of nitrogens with two attached hydrogens (primary N) is 2. The van der Waals surface area contributed by atoms with Crippen LogP contribution in [-0.4, -0.2) is 32.4 Å². The molecule has 1 atom stereocenters. The van der Waals surface area contributed by atoms with Gasteiger partial charge in [0.2, 0.25) is 5.96 Å². The molecule has 4 rings (SSSR count). The van der Waals surface area contributed by atoms with Crippen LogP contribution in [0.25, 0.3) is 20.5 Å². The Hall–Kier alpha value is -4.24. The summed E-state index contributed by atoms with van der Waals surface area (Å²) < 4.78 is 11.9. The molecule has 8 nitrogen and oxygen atoms in total. The number of thiophene rings is 1. The Morgan fingerprint density at radius 1 is 1.20 bits per heavy atom. The summed E-state index contributed by atoms with van der Waals surface area (Å²) in [5.41, 5.74) is 15.0. The average molecular weight is 489 g/mol. The van der Waals surface area contributed by atoms with E-state index < -0.39 is 0 Å². The molecule has 0 fully saturated rings. The molecule has 180 valence electrons. The second-order valence-corrected chi connectivity index (χ2v) is 8.97. The molecule has 0 radical (unpaired) electrons. The maximum atomic E-state index is 7.88. The van der Waals surface area contributed by atoms with Gasteiger partial charge in [0.05, 0.1) is 26.1 Å². The summed E-state index contributed by atoms with van der Waals surface area (Å²) in [6, 6.07) is 13.8. The number of benzene rings is 2. The maximum Gasteiger partial charge on any atom is 0.202 e. The van der Waals surface area contributed by atoms with E-state index in [2.05, 4.69) is 35.4 Å². The summed E-state index contributed by atoms with van der Waals surface area (Å²) in [6.45, 7) is 3.74. The van der Waals surface area contributed by atoms with Crippen molar-refractivity contribution in [1.82, 2.24) is 5.32 Å². The number of fused-ring (bicyclic) bond motifs is 1. The first kappa shape index (κ1) is 23.9. The molecule has 35 heavy (non-hydrogen) atoms. The van der Waals surface area contributed by atoms with Crippen molar-refractivity contribution in [2.75, 3.05) is 25.3 Å². The quantitative estimate of drug-likeness (QED) is 0.185. The number of nitrogens with zero attached hydrogens (tertiary/aromatic N) is 1. The van der Waals surface area contributed by atoms with E-state index in [0.29, 0.717) is 40.8 Å². The summed E-state index contributed by atoms with van der Waals surface area (Å²) >= 11 is 1.65. The lowest BCUT2D eigenvalue weighted by atomic mass is 10.0. The van der Waals surface area contributed by atoms with E-state index in [9.17, 15) is 0 Å². The topological polar surface area (TPSA) is 131 Å². The van der Waals surface area contributed by atoms with E-state index in [1.165, 1.54) is 10.9 Å².